The summed E-state index contributed by atoms with van der Waals surface area (Å²) in [5.41, 5.74) is 0.651. The minimum Gasteiger partial charge on any atom is -0.381 e. The summed E-state index contributed by atoms with van der Waals surface area (Å²) >= 11 is 0. The molecule has 0 radical (unpaired) electrons. The number of para-hydroxylation sites is 1. The quantitative estimate of drug-likeness (QED) is 0.913. The minimum atomic E-state index is -3.22. The highest BCUT2D eigenvalue weighted by atomic mass is 32.2. The van der Waals surface area contributed by atoms with Gasteiger partial charge in [0.15, 0.2) is 9.84 Å². The van der Waals surface area contributed by atoms with Crippen LogP contribution in [0.3, 0.4) is 0 Å². The average Bonchev–Trinajstić information content (AvgIpc) is 2.31. The topological polar surface area (TPSA) is 63.2 Å². The molecule has 6 heteroatoms. The van der Waals surface area contributed by atoms with Crippen LogP contribution >= 0.6 is 0 Å². The molecule has 0 spiro atoms. The van der Waals surface area contributed by atoms with Crippen LogP contribution in [-0.4, -0.2) is 36.4 Å². The zero-order valence-electron chi connectivity index (χ0n) is 10.3. The van der Waals surface area contributed by atoms with Gasteiger partial charge in [0.1, 0.15) is 0 Å². The molecule has 0 atom stereocenters. The smallest absolute Gasteiger partial charge is 0.177 e. The van der Waals surface area contributed by atoms with Gasteiger partial charge in [-0.1, -0.05) is 12.1 Å². The van der Waals surface area contributed by atoms with E-state index in [1.165, 1.54) is 6.26 Å². The van der Waals surface area contributed by atoms with Crippen LogP contribution in [0.25, 0.3) is 0 Å². The fourth-order valence-electron chi connectivity index (χ4n) is 2.07. The summed E-state index contributed by atoms with van der Waals surface area (Å²) in [6.07, 6.45) is 2.86. The number of anilines is 1. The molecular formula is C12H17NO3S2. The first kappa shape index (κ1) is 13.5. The Hall–Kier alpha value is -0.880. The molecule has 0 amide bonds. The number of nitrogens with one attached hydrogen (secondary N) is 1. The molecule has 2 rings (SSSR count). The van der Waals surface area contributed by atoms with E-state index in [1.807, 2.05) is 6.07 Å². The molecule has 0 unspecified atom stereocenters. The maximum Gasteiger partial charge on any atom is 0.177 e. The van der Waals surface area contributed by atoms with Crippen LogP contribution < -0.4 is 5.32 Å². The molecule has 0 bridgehead atoms. The van der Waals surface area contributed by atoms with Crippen molar-refractivity contribution in [2.75, 3.05) is 23.1 Å². The van der Waals surface area contributed by atoms with Crippen LogP contribution in [0.5, 0.6) is 0 Å². The van der Waals surface area contributed by atoms with Crippen molar-refractivity contribution in [3.05, 3.63) is 24.3 Å². The summed E-state index contributed by atoms with van der Waals surface area (Å²) in [6.45, 7) is 0. The molecule has 100 valence electrons. The first-order chi connectivity index (χ1) is 8.47. The molecule has 0 aromatic heterocycles. The standard InChI is InChI=1S/C12H17NO3S2/c1-18(15,16)12-5-3-2-4-11(12)13-10-6-8-17(14)9-7-10/h2-5,10,13H,6-9H2,1H3. The molecule has 18 heavy (non-hydrogen) atoms. The Labute approximate surface area is 110 Å². The van der Waals surface area contributed by atoms with Crippen molar-refractivity contribution in [3.63, 3.8) is 0 Å². The first-order valence-electron chi connectivity index (χ1n) is 5.87. The first-order valence-corrected chi connectivity index (χ1v) is 9.25. The van der Waals surface area contributed by atoms with Gasteiger partial charge in [-0.25, -0.2) is 8.42 Å². The molecule has 1 aliphatic heterocycles. The Morgan fingerprint density at radius 2 is 1.83 bits per heavy atom. The number of benzene rings is 1. The minimum absolute atomic E-state index is 0.214. The van der Waals surface area contributed by atoms with Gasteiger partial charge in [0.2, 0.25) is 0 Å². The fraction of sp³-hybridized carbons (Fsp3) is 0.500. The van der Waals surface area contributed by atoms with E-state index in [-0.39, 0.29) is 6.04 Å². The Morgan fingerprint density at radius 1 is 1.22 bits per heavy atom. The van der Waals surface area contributed by atoms with Gasteiger partial charge >= 0.3 is 0 Å². The average molecular weight is 287 g/mol. The summed E-state index contributed by atoms with van der Waals surface area (Å²) in [7, 11) is -3.92. The molecule has 4 nitrogen and oxygen atoms in total. The van der Waals surface area contributed by atoms with Gasteiger partial charge in [0.25, 0.3) is 0 Å². The Balaban J connectivity index is 2.17. The van der Waals surface area contributed by atoms with Gasteiger partial charge in [-0.05, 0) is 25.0 Å². The monoisotopic (exact) mass is 287 g/mol. The van der Waals surface area contributed by atoms with E-state index in [1.54, 1.807) is 18.2 Å². The maximum atomic E-state index is 11.7. The third kappa shape index (κ3) is 3.32. The summed E-state index contributed by atoms with van der Waals surface area (Å²) in [5, 5.41) is 3.26. The molecule has 1 aromatic rings. The second-order valence-electron chi connectivity index (χ2n) is 4.54. The van der Waals surface area contributed by atoms with Crippen LogP contribution in [-0.2, 0) is 20.6 Å². The zero-order chi connectivity index (χ0) is 13.2. The Morgan fingerprint density at radius 3 is 2.44 bits per heavy atom. The van der Waals surface area contributed by atoms with E-state index in [0.29, 0.717) is 22.1 Å². The van der Waals surface area contributed by atoms with Crippen LogP contribution in [0.2, 0.25) is 0 Å². The van der Waals surface area contributed by atoms with E-state index in [0.717, 1.165) is 12.8 Å². The molecule has 1 heterocycles. The van der Waals surface area contributed by atoms with Gasteiger partial charge in [-0.15, -0.1) is 0 Å². The van der Waals surface area contributed by atoms with E-state index in [2.05, 4.69) is 5.32 Å². The predicted molar refractivity (Wildman–Crippen MR) is 74.1 cm³/mol. The third-order valence-corrected chi connectivity index (χ3v) is 5.57. The van der Waals surface area contributed by atoms with Gasteiger partial charge in [0, 0.05) is 34.6 Å². The van der Waals surface area contributed by atoms with E-state index in [9.17, 15) is 12.6 Å². The second-order valence-corrected chi connectivity index (χ2v) is 8.22. The fourth-order valence-corrected chi connectivity index (χ4v) is 4.22. The second kappa shape index (κ2) is 5.40. The van der Waals surface area contributed by atoms with Crippen LogP contribution in [0.1, 0.15) is 12.8 Å². The van der Waals surface area contributed by atoms with Gasteiger partial charge in [-0.2, -0.15) is 0 Å². The van der Waals surface area contributed by atoms with Crippen molar-refractivity contribution in [1.29, 1.82) is 0 Å². The molecule has 1 aliphatic rings. The van der Waals surface area contributed by atoms with E-state index < -0.39 is 20.6 Å². The van der Waals surface area contributed by atoms with Crippen molar-refractivity contribution >= 4 is 26.3 Å². The zero-order valence-corrected chi connectivity index (χ0v) is 11.9. The van der Waals surface area contributed by atoms with Crippen LogP contribution in [0.4, 0.5) is 5.69 Å². The summed E-state index contributed by atoms with van der Waals surface area (Å²) in [6, 6.07) is 7.14. The van der Waals surface area contributed by atoms with Gasteiger partial charge < -0.3 is 5.32 Å². The van der Waals surface area contributed by atoms with Crippen molar-refractivity contribution in [2.45, 2.75) is 23.8 Å². The highest BCUT2D eigenvalue weighted by molar-refractivity contribution is 7.90. The highest BCUT2D eigenvalue weighted by Crippen LogP contribution is 2.23. The summed E-state index contributed by atoms with van der Waals surface area (Å²) in [4.78, 5) is 0.330. The highest BCUT2D eigenvalue weighted by Gasteiger charge is 2.20. The summed E-state index contributed by atoms with van der Waals surface area (Å²) < 4.78 is 34.6. The predicted octanol–water partition coefficient (Wildman–Crippen LogP) is 1.41. The number of rotatable bonds is 3. The lowest BCUT2D eigenvalue weighted by Gasteiger charge is -2.24. The molecule has 1 fully saturated rings. The van der Waals surface area contributed by atoms with Crippen LogP contribution in [0, 0.1) is 0 Å². The lowest BCUT2D eigenvalue weighted by atomic mass is 10.1. The number of sulfone groups is 1. The van der Waals surface area contributed by atoms with Crippen molar-refractivity contribution < 1.29 is 12.6 Å². The van der Waals surface area contributed by atoms with E-state index >= 15 is 0 Å². The van der Waals surface area contributed by atoms with Crippen molar-refractivity contribution in [2.24, 2.45) is 0 Å². The lowest BCUT2D eigenvalue weighted by molar-refractivity contribution is 0.600. The maximum absolute atomic E-state index is 11.7. The third-order valence-electron chi connectivity index (χ3n) is 3.03. The van der Waals surface area contributed by atoms with Gasteiger partial charge in [-0.3, -0.25) is 4.21 Å². The molecule has 1 aromatic carbocycles. The normalized spacial score (nSPS) is 24.7. The molecule has 1 N–H and O–H groups in total. The summed E-state index contributed by atoms with van der Waals surface area (Å²) in [5.74, 6) is 1.39. The lowest BCUT2D eigenvalue weighted by Crippen LogP contribution is -2.29. The molecule has 1 saturated heterocycles. The number of hydrogen-bond acceptors (Lipinski definition) is 4. The largest absolute Gasteiger partial charge is 0.381 e. The van der Waals surface area contributed by atoms with Crippen molar-refractivity contribution in [3.8, 4) is 0 Å². The van der Waals surface area contributed by atoms with Crippen molar-refractivity contribution in [1.82, 2.24) is 0 Å². The molecule has 0 aliphatic carbocycles. The van der Waals surface area contributed by atoms with E-state index in [4.69, 9.17) is 0 Å². The van der Waals surface area contributed by atoms with Crippen LogP contribution in [0.15, 0.2) is 29.2 Å². The molecule has 0 saturated carbocycles. The Kier molecular flexibility index (Phi) is 4.07. The Bertz CT molecular complexity index is 544. The van der Waals surface area contributed by atoms with Gasteiger partial charge in [0.05, 0.1) is 10.6 Å². The SMILES string of the molecule is CS(=O)(=O)c1ccccc1NC1CCS(=O)CC1. The number of hydrogen-bond donors (Lipinski definition) is 1. The molecular weight excluding hydrogens is 270 g/mol.